The molecule has 4 aliphatic rings. The van der Waals surface area contributed by atoms with E-state index in [1.807, 2.05) is 30.3 Å². The van der Waals surface area contributed by atoms with Crippen molar-refractivity contribution in [2.75, 3.05) is 6.61 Å². The van der Waals surface area contributed by atoms with E-state index < -0.39 is 41.6 Å². The topological polar surface area (TPSA) is 135 Å². The Bertz CT molecular complexity index is 1860. The first-order valence-corrected chi connectivity index (χ1v) is 16.0. The zero-order valence-corrected chi connectivity index (χ0v) is 26.1. The lowest BCUT2D eigenvalue weighted by Gasteiger charge is -2.34. The number of aliphatic hydroxyl groups excluding tert-OH is 1. The van der Waals surface area contributed by atoms with Crippen LogP contribution >= 0.6 is 0 Å². The molecule has 1 aromatic heterocycles. The predicted molar refractivity (Wildman–Crippen MR) is 168 cm³/mol. The summed E-state index contributed by atoms with van der Waals surface area (Å²) in [5.41, 5.74) is 0.828. The highest BCUT2D eigenvalue weighted by Gasteiger charge is 2.52. The zero-order chi connectivity index (χ0) is 32.3. The van der Waals surface area contributed by atoms with Crippen molar-refractivity contribution in [3.05, 3.63) is 76.5 Å². The molecule has 2 N–H and O–H groups in total. The van der Waals surface area contributed by atoms with Crippen molar-refractivity contribution in [2.24, 2.45) is 0 Å². The number of phenols is 1. The van der Waals surface area contributed by atoms with Crippen LogP contribution in [0.25, 0.3) is 22.3 Å². The van der Waals surface area contributed by atoms with Crippen LogP contribution in [0.2, 0.25) is 0 Å². The Kier molecular flexibility index (Phi) is 7.32. The van der Waals surface area contributed by atoms with Crippen LogP contribution in [0.15, 0.2) is 69.9 Å². The predicted octanol–water partition coefficient (Wildman–Crippen LogP) is 5.79. The quantitative estimate of drug-likeness (QED) is 0.264. The Morgan fingerprint density at radius 3 is 2.53 bits per heavy atom. The number of aromatic hydroxyl groups is 1. The van der Waals surface area contributed by atoms with E-state index in [-0.39, 0.29) is 41.4 Å². The molecule has 0 bridgehead atoms. The second-order valence-corrected chi connectivity index (χ2v) is 13.0. The molecule has 4 atom stereocenters. The van der Waals surface area contributed by atoms with Crippen LogP contribution in [0.1, 0.15) is 51.5 Å². The van der Waals surface area contributed by atoms with E-state index >= 15 is 0 Å². The highest BCUT2D eigenvalue weighted by atomic mass is 16.8. The fraction of sp³-hybridized carbons (Fsp3) is 0.417. The summed E-state index contributed by atoms with van der Waals surface area (Å²) in [6.07, 6.45) is 0.885. The van der Waals surface area contributed by atoms with Crippen LogP contribution in [0.3, 0.4) is 0 Å². The van der Waals surface area contributed by atoms with Crippen LogP contribution in [0, 0.1) is 0 Å². The molecule has 3 aromatic carbocycles. The summed E-state index contributed by atoms with van der Waals surface area (Å²) in [5, 5.41) is 22.2. The van der Waals surface area contributed by atoms with E-state index in [9.17, 15) is 15.0 Å². The summed E-state index contributed by atoms with van der Waals surface area (Å²) in [7, 11) is 0. The third-order valence-electron chi connectivity index (χ3n) is 9.06. The van der Waals surface area contributed by atoms with Gasteiger partial charge in [0.2, 0.25) is 17.5 Å². The van der Waals surface area contributed by atoms with Gasteiger partial charge in [0, 0.05) is 30.5 Å². The molecule has 1 aliphatic carbocycles. The monoisotopic (exact) mass is 644 g/mol. The Balaban J connectivity index is 1.19. The van der Waals surface area contributed by atoms with E-state index in [0.717, 1.165) is 37.7 Å². The molecule has 11 heteroatoms. The third kappa shape index (κ3) is 5.57. The van der Waals surface area contributed by atoms with Crippen molar-refractivity contribution in [1.29, 1.82) is 0 Å². The zero-order valence-electron chi connectivity index (χ0n) is 26.1. The van der Waals surface area contributed by atoms with Crippen molar-refractivity contribution in [2.45, 2.75) is 88.7 Å². The van der Waals surface area contributed by atoms with Crippen molar-refractivity contribution in [1.82, 2.24) is 0 Å². The number of rotatable bonds is 6. The maximum absolute atomic E-state index is 14.2. The second-order valence-electron chi connectivity index (χ2n) is 13.0. The molecule has 3 fully saturated rings. The first-order valence-electron chi connectivity index (χ1n) is 16.0. The molecule has 0 radical (unpaired) electrons. The Morgan fingerprint density at radius 1 is 0.936 bits per heavy atom. The minimum absolute atomic E-state index is 0.0555. The summed E-state index contributed by atoms with van der Waals surface area (Å²) < 4.78 is 48.7. The van der Waals surface area contributed by atoms with E-state index in [1.54, 1.807) is 38.1 Å². The number of ether oxygens (including phenoxy) is 7. The average molecular weight is 645 g/mol. The first-order chi connectivity index (χ1) is 22.7. The van der Waals surface area contributed by atoms with Gasteiger partial charge < -0.3 is 47.8 Å². The summed E-state index contributed by atoms with van der Waals surface area (Å²) in [6.45, 7) is 3.82. The van der Waals surface area contributed by atoms with Crippen LogP contribution in [0.4, 0.5) is 0 Å². The summed E-state index contributed by atoms with van der Waals surface area (Å²) >= 11 is 0. The molecular formula is C36H36O11. The smallest absolute Gasteiger partial charge is 0.251 e. The van der Waals surface area contributed by atoms with Crippen molar-refractivity contribution in [3.63, 3.8) is 0 Å². The Morgan fingerprint density at radius 2 is 1.72 bits per heavy atom. The van der Waals surface area contributed by atoms with Crippen molar-refractivity contribution in [3.8, 4) is 40.1 Å². The van der Waals surface area contributed by atoms with Gasteiger partial charge in [0.15, 0.2) is 23.0 Å². The average Bonchev–Trinajstić information content (AvgIpc) is 3.57. The third-order valence-corrected chi connectivity index (χ3v) is 9.06. The molecule has 2 saturated heterocycles. The summed E-state index contributed by atoms with van der Waals surface area (Å²) in [6, 6.07) is 17.8. The number of fused-ring (bicyclic) bond motifs is 3. The molecule has 246 valence electrons. The lowest BCUT2D eigenvalue weighted by molar-refractivity contribution is -0.218. The van der Waals surface area contributed by atoms with Gasteiger partial charge in [-0.3, -0.25) is 4.79 Å². The molecule has 4 heterocycles. The van der Waals surface area contributed by atoms with Crippen LogP contribution in [-0.2, 0) is 20.8 Å². The van der Waals surface area contributed by atoms with Gasteiger partial charge in [-0.2, -0.15) is 0 Å². The van der Waals surface area contributed by atoms with Gasteiger partial charge in [0.05, 0.1) is 6.61 Å². The van der Waals surface area contributed by atoms with Gasteiger partial charge in [-0.1, -0.05) is 36.8 Å². The lowest BCUT2D eigenvalue weighted by Crippen LogP contribution is -2.54. The molecular weight excluding hydrogens is 608 g/mol. The van der Waals surface area contributed by atoms with Crippen LogP contribution in [-0.4, -0.2) is 53.0 Å². The molecule has 4 aromatic rings. The van der Waals surface area contributed by atoms with E-state index in [4.69, 9.17) is 37.6 Å². The number of aliphatic hydroxyl groups is 1. The molecule has 47 heavy (non-hydrogen) atoms. The molecule has 1 saturated carbocycles. The molecule has 0 amide bonds. The standard InChI is InChI=1S/C36H36O11/c1-35(2)44-27-19-41-34(30(39)32(27)47-35)43-33-29(38)28-23(37)16-22(40-18-20-9-5-3-6-10-20)17-26(28)42-31(33)21-11-12-24-25(15-21)46-36(45-24)13-7-4-8-14-36/h3,5-6,9-12,15-17,27,30,32,34,37,39H,4,7-8,13-14,18-19H2,1-2H3/t27-,30+,32-,34-/m0/s1. The molecule has 0 unspecified atom stereocenters. The van der Waals surface area contributed by atoms with Gasteiger partial charge in [0.25, 0.3) is 5.79 Å². The number of hydrogen-bond donors (Lipinski definition) is 2. The van der Waals surface area contributed by atoms with Crippen molar-refractivity contribution < 1.29 is 47.8 Å². The maximum Gasteiger partial charge on any atom is 0.251 e. The fourth-order valence-corrected chi connectivity index (χ4v) is 6.85. The van der Waals surface area contributed by atoms with Crippen molar-refractivity contribution >= 4 is 11.0 Å². The van der Waals surface area contributed by atoms with E-state index in [1.165, 1.54) is 6.07 Å². The van der Waals surface area contributed by atoms with Gasteiger partial charge in [-0.15, -0.1) is 0 Å². The normalized spacial score (nSPS) is 25.5. The molecule has 11 nitrogen and oxygen atoms in total. The van der Waals surface area contributed by atoms with Gasteiger partial charge in [0.1, 0.15) is 47.4 Å². The maximum atomic E-state index is 14.2. The second kappa shape index (κ2) is 11.4. The lowest BCUT2D eigenvalue weighted by atomic mass is 9.94. The van der Waals surface area contributed by atoms with Crippen LogP contribution in [0.5, 0.6) is 28.7 Å². The highest BCUT2D eigenvalue weighted by Crippen LogP contribution is 2.48. The Labute approximate surface area is 270 Å². The minimum Gasteiger partial charge on any atom is -0.507 e. The van der Waals surface area contributed by atoms with Crippen LogP contribution < -0.4 is 24.4 Å². The summed E-state index contributed by atoms with van der Waals surface area (Å²) in [5.74, 6) is -0.726. The van der Waals surface area contributed by atoms with E-state index in [0.29, 0.717) is 22.8 Å². The Hall–Kier alpha value is -4.29. The molecule has 3 aliphatic heterocycles. The first kappa shape index (κ1) is 30.1. The number of benzene rings is 3. The summed E-state index contributed by atoms with van der Waals surface area (Å²) in [4.78, 5) is 14.2. The number of phenolic OH excluding ortho intramolecular Hbond substituents is 1. The van der Waals surface area contributed by atoms with Gasteiger partial charge >= 0.3 is 0 Å². The van der Waals surface area contributed by atoms with Gasteiger partial charge in [-0.05, 0) is 50.5 Å². The molecule has 8 rings (SSSR count). The minimum atomic E-state index is -1.29. The largest absolute Gasteiger partial charge is 0.507 e. The van der Waals surface area contributed by atoms with E-state index in [2.05, 4.69) is 0 Å². The van der Waals surface area contributed by atoms with Gasteiger partial charge in [-0.25, -0.2) is 0 Å². The SMILES string of the molecule is CC1(C)O[C@@H]2[C@@H](O)[C@H](Oc3c(-c4ccc5c(c4)OC4(CCCCC4)O5)oc4cc(OCc5ccccc5)cc(O)c4c3=O)OC[C@@H]2O1. The highest BCUT2D eigenvalue weighted by molar-refractivity contribution is 5.88. The number of hydrogen-bond acceptors (Lipinski definition) is 11. The fourth-order valence-electron chi connectivity index (χ4n) is 6.85. The molecule has 1 spiro atoms.